The molecule has 2 amide bonds. The second kappa shape index (κ2) is 9.28. The number of aryl methyl sites for hydroxylation is 2. The topological polar surface area (TPSA) is 58.6 Å². The fraction of sp³-hybridized carbons (Fsp3) is 0.185. The Bertz CT molecular complexity index is 1230. The molecule has 4 rings (SSSR count). The number of hydrogen-bond donors (Lipinski definition) is 1. The van der Waals surface area contributed by atoms with Crippen LogP contribution in [0.15, 0.2) is 72.4 Å². The summed E-state index contributed by atoms with van der Waals surface area (Å²) in [6, 6.07) is 18.4. The van der Waals surface area contributed by atoms with E-state index in [4.69, 9.17) is 4.74 Å². The van der Waals surface area contributed by atoms with E-state index in [0.717, 1.165) is 17.5 Å². The molecule has 6 heteroatoms. The van der Waals surface area contributed by atoms with Gasteiger partial charge in [-0.3, -0.25) is 9.59 Å². The Morgan fingerprint density at radius 2 is 1.61 bits per heavy atom. The van der Waals surface area contributed by atoms with Gasteiger partial charge in [-0.25, -0.2) is 9.29 Å². The molecule has 0 aliphatic carbocycles. The van der Waals surface area contributed by atoms with Gasteiger partial charge in [-0.05, 0) is 73.4 Å². The molecular formula is C27H25FN2O3. The van der Waals surface area contributed by atoms with Gasteiger partial charge in [-0.2, -0.15) is 0 Å². The number of ether oxygens (including phenoxy) is 1. The number of anilines is 2. The molecule has 0 unspecified atom stereocenters. The maximum absolute atomic E-state index is 13.6. The zero-order valence-electron chi connectivity index (χ0n) is 18.8. The lowest BCUT2D eigenvalue weighted by atomic mass is 10.0. The summed E-state index contributed by atoms with van der Waals surface area (Å²) >= 11 is 0. The summed E-state index contributed by atoms with van der Waals surface area (Å²) in [5.74, 6) is -0.687. The van der Waals surface area contributed by atoms with Gasteiger partial charge in [0.25, 0.3) is 11.8 Å². The average molecular weight is 445 g/mol. The molecule has 3 aromatic carbocycles. The van der Waals surface area contributed by atoms with Crippen molar-refractivity contribution >= 4 is 28.8 Å². The Morgan fingerprint density at radius 3 is 2.27 bits per heavy atom. The molecule has 0 saturated heterocycles. The number of carbonyl (C=O) groups is 2. The van der Waals surface area contributed by atoms with Crippen LogP contribution in [0.25, 0.3) is 5.57 Å². The van der Waals surface area contributed by atoms with E-state index in [1.165, 1.54) is 29.2 Å². The lowest BCUT2D eigenvalue weighted by Gasteiger charge is -2.17. The van der Waals surface area contributed by atoms with E-state index >= 15 is 0 Å². The lowest BCUT2D eigenvalue weighted by molar-refractivity contribution is -0.120. The van der Waals surface area contributed by atoms with Crippen molar-refractivity contribution in [1.29, 1.82) is 0 Å². The largest absolute Gasteiger partial charge is 0.494 e. The molecule has 5 nitrogen and oxygen atoms in total. The maximum Gasteiger partial charge on any atom is 0.282 e. The first-order chi connectivity index (χ1) is 15.9. The van der Waals surface area contributed by atoms with Crippen molar-refractivity contribution in [2.45, 2.75) is 27.2 Å². The highest BCUT2D eigenvalue weighted by Gasteiger charge is 2.40. The molecule has 0 atom stereocenters. The first-order valence-corrected chi connectivity index (χ1v) is 10.8. The van der Waals surface area contributed by atoms with Crippen LogP contribution in [0.5, 0.6) is 5.75 Å². The first-order valence-electron chi connectivity index (χ1n) is 10.8. The average Bonchev–Trinajstić information content (AvgIpc) is 3.02. The number of nitrogens with one attached hydrogen (secondary N) is 1. The number of imide groups is 1. The highest BCUT2D eigenvalue weighted by molar-refractivity contribution is 6.46. The van der Waals surface area contributed by atoms with Crippen LogP contribution in [-0.2, 0) is 9.59 Å². The summed E-state index contributed by atoms with van der Waals surface area (Å²) in [5.41, 5.74) is 3.78. The summed E-state index contributed by atoms with van der Waals surface area (Å²) in [5, 5.41) is 3.12. The van der Waals surface area contributed by atoms with E-state index in [2.05, 4.69) is 5.32 Å². The normalized spacial score (nSPS) is 13.6. The molecule has 0 bridgehead atoms. The van der Waals surface area contributed by atoms with E-state index in [0.29, 0.717) is 29.3 Å². The number of carbonyl (C=O) groups excluding carboxylic acids is 2. The van der Waals surface area contributed by atoms with Gasteiger partial charge >= 0.3 is 0 Å². The zero-order valence-corrected chi connectivity index (χ0v) is 18.8. The van der Waals surface area contributed by atoms with Gasteiger partial charge in [0, 0.05) is 11.8 Å². The molecule has 0 saturated carbocycles. The fourth-order valence-electron chi connectivity index (χ4n) is 3.87. The lowest BCUT2D eigenvalue weighted by Crippen LogP contribution is -2.32. The van der Waals surface area contributed by atoms with Crippen molar-refractivity contribution in [2.75, 3.05) is 16.8 Å². The van der Waals surface area contributed by atoms with Gasteiger partial charge in [-0.15, -0.1) is 0 Å². The molecule has 1 N–H and O–H groups in total. The molecule has 0 radical (unpaired) electrons. The molecule has 3 aromatic rings. The standard InChI is InChI=1S/C27H25FN2O3/c1-4-12-33-23-7-5-6-21(16-23)29-25-24(19-8-10-20(28)11-9-19)26(31)30(27(25)32)22-14-17(2)13-18(3)15-22/h5-11,13-16,29H,4,12H2,1-3H3. The fourth-order valence-corrected chi connectivity index (χ4v) is 3.87. The summed E-state index contributed by atoms with van der Waals surface area (Å²) in [7, 11) is 0. The highest BCUT2D eigenvalue weighted by atomic mass is 19.1. The highest BCUT2D eigenvalue weighted by Crippen LogP contribution is 2.35. The van der Waals surface area contributed by atoms with E-state index in [1.807, 2.05) is 39.0 Å². The van der Waals surface area contributed by atoms with Crippen LogP contribution >= 0.6 is 0 Å². The molecule has 33 heavy (non-hydrogen) atoms. The quantitative estimate of drug-likeness (QED) is 0.480. The Balaban J connectivity index is 1.78. The van der Waals surface area contributed by atoms with Crippen molar-refractivity contribution in [1.82, 2.24) is 0 Å². The number of benzene rings is 3. The van der Waals surface area contributed by atoms with Gasteiger partial charge in [0.2, 0.25) is 0 Å². The Labute approximate surface area is 192 Å². The van der Waals surface area contributed by atoms with E-state index in [9.17, 15) is 14.0 Å². The minimum atomic E-state index is -0.468. The minimum absolute atomic E-state index is 0.137. The molecule has 1 aliphatic rings. The van der Waals surface area contributed by atoms with Gasteiger partial charge in [0.15, 0.2) is 0 Å². The molecule has 1 aliphatic heterocycles. The smallest absolute Gasteiger partial charge is 0.282 e. The van der Waals surface area contributed by atoms with Gasteiger partial charge < -0.3 is 10.1 Å². The van der Waals surface area contributed by atoms with Gasteiger partial charge in [0.1, 0.15) is 17.3 Å². The number of halogens is 1. The number of rotatable bonds is 7. The Morgan fingerprint density at radius 1 is 0.909 bits per heavy atom. The van der Waals surface area contributed by atoms with Gasteiger partial charge in [-0.1, -0.05) is 31.2 Å². The van der Waals surface area contributed by atoms with Crippen LogP contribution in [0.1, 0.15) is 30.0 Å². The maximum atomic E-state index is 13.6. The Kier molecular flexibility index (Phi) is 6.27. The van der Waals surface area contributed by atoms with E-state index < -0.39 is 17.6 Å². The van der Waals surface area contributed by atoms with Crippen LogP contribution in [0.2, 0.25) is 0 Å². The second-order valence-corrected chi connectivity index (χ2v) is 8.05. The Hall–Kier alpha value is -3.93. The molecule has 168 valence electrons. The van der Waals surface area contributed by atoms with E-state index in [-0.39, 0.29) is 11.3 Å². The first kappa shape index (κ1) is 22.3. The summed E-state index contributed by atoms with van der Waals surface area (Å²) < 4.78 is 19.2. The van der Waals surface area contributed by atoms with Crippen LogP contribution < -0.4 is 15.0 Å². The SMILES string of the molecule is CCCOc1cccc(NC2=C(c3ccc(F)cc3)C(=O)N(c3cc(C)cc(C)c3)C2=O)c1. The van der Waals surface area contributed by atoms with Crippen LogP contribution in [0.4, 0.5) is 15.8 Å². The third-order valence-electron chi connectivity index (χ3n) is 5.26. The molecule has 0 spiro atoms. The minimum Gasteiger partial charge on any atom is -0.494 e. The summed E-state index contributed by atoms with van der Waals surface area (Å²) in [6.45, 7) is 6.42. The van der Waals surface area contributed by atoms with Crippen LogP contribution in [-0.4, -0.2) is 18.4 Å². The van der Waals surface area contributed by atoms with Crippen molar-refractivity contribution in [2.24, 2.45) is 0 Å². The van der Waals surface area contributed by atoms with E-state index in [1.54, 1.807) is 24.3 Å². The molecule has 0 fully saturated rings. The van der Waals surface area contributed by atoms with Crippen molar-refractivity contribution in [3.63, 3.8) is 0 Å². The van der Waals surface area contributed by atoms with Crippen LogP contribution in [0.3, 0.4) is 0 Å². The predicted octanol–water partition coefficient (Wildman–Crippen LogP) is 5.63. The number of amides is 2. The zero-order chi connectivity index (χ0) is 23.5. The predicted molar refractivity (Wildman–Crippen MR) is 128 cm³/mol. The van der Waals surface area contributed by atoms with Crippen molar-refractivity contribution < 1.29 is 18.7 Å². The van der Waals surface area contributed by atoms with Crippen LogP contribution in [0, 0.1) is 19.7 Å². The molecule has 1 heterocycles. The second-order valence-electron chi connectivity index (χ2n) is 8.05. The third-order valence-corrected chi connectivity index (χ3v) is 5.26. The van der Waals surface area contributed by atoms with Crippen molar-refractivity contribution in [3.8, 4) is 5.75 Å². The monoisotopic (exact) mass is 444 g/mol. The van der Waals surface area contributed by atoms with Crippen molar-refractivity contribution in [3.05, 3.63) is 94.9 Å². The van der Waals surface area contributed by atoms with Gasteiger partial charge in [0.05, 0.1) is 17.9 Å². The summed E-state index contributed by atoms with van der Waals surface area (Å²) in [4.78, 5) is 28.2. The third kappa shape index (κ3) is 4.65. The molecule has 0 aromatic heterocycles. The summed E-state index contributed by atoms with van der Waals surface area (Å²) in [6.07, 6.45) is 0.870. The molecular weight excluding hydrogens is 419 g/mol. The number of hydrogen-bond acceptors (Lipinski definition) is 4. The number of nitrogens with zero attached hydrogens (tertiary/aromatic N) is 1.